The van der Waals surface area contributed by atoms with Gasteiger partial charge in [0, 0.05) is 30.7 Å². The maximum Gasteiger partial charge on any atom is 0.283 e. The highest BCUT2D eigenvalue weighted by atomic mass is 35.5. The van der Waals surface area contributed by atoms with E-state index in [1.807, 2.05) is 12.1 Å². The van der Waals surface area contributed by atoms with Gasteiger partial charge in [0.25, 0.3) is 11.6 Å². The molecule has 0 bridgehead atoms. The van der Waals surface area contributed by atoms with E-state index in [0.717, 1.165) is 31.1 Å². The molecule has 0 spiro atoms. The van der Waals surface area contributed by atoms with Crippen LogP contribution >= 0.6 is 11.6 Å². The number of nitrogens with one attached hydrogen (secondary N) is 1. The molecule has 3 rings (SSSR count). The standard InChI is InChI=1S/C21H24ClN3O3/c1-15-3-2-10-24(13-15)14-17-6-4-16(5-7-17)12-23-21(26)19-9-8-18(22)11-20(19)25(27)28/h4-9,11,15H,2-3,10,12-14H2,1H3,(H,23,26). The lowest BCUT2D eigenvalue weighted by Crippen LogP contribution is -2.33. The van der Waals surface area contributed by atoms with Crippen molar-refractivity contribution < 1.29 is 9.72 Å². The Kier molecular flexibility index (Phi) is 6.65. The zero-order valence-electron chi connectivity index (χ0n) is 15.9. The quantitative estimate of drug-likeness (QED) is 0.574. The summed E-state index contributed by atoms with van der Waals surface area (Å²) in [5.41, 5.74) is 1.90. The second-order valence-electron chi connectivity index (χ2n) is 7.40. The first kappa shape index (κ1) is 20.3. The third-order valence-corrected chi connectivity index (χ3v) is 5.26. The van der Waals surface area contributed by atoms with Gasteiger partial charge < -0.3 is 5.32 Å². The topological polar surface area (TPSA) is 75.5 Å². The summed E-state index contributed by atoms with van der Waals surface area (Å²) in [6, 6.07) is 12.2. The van der Waals surface area contributed by atoms with E-state index < -0.39 is 10.8 Å². The molecule has 2 aromatic carbocycles. The van der Waals surface area contributed by atoms with Crippen molar-refractivity contribution >= 4 is 23.2 Å². The largest absolute Gasteiger partial charge is 0.348 e. The number of carbonyl (C=O) groups excluding carboxylic acids is 1. The summed E-state index contributed by atoms with van der Waals surface area (Å²) >= 11 is 5.79. The van der Waals surface area contributed by atoms with Crippen LogP contribution in [0.1, 0.15) is 41.3 Å². The molecule has 1 aliphatic rings. The van der Waals surface area contributed by atoms with Gasteiger partial charge in [-0.05, 0) is 48.6 Å². The Bertz CT molecular complexity index is 854. The number of benzene rings is 2. The highest BCUT2D eigenvalue weighted by molar-refractivity contribution is 6.31. The normalized spacial score (nSPS) is 17.3. The number of carbonyl (C=O) groups is 1. The number of piperidine rings is 1. The molecule has 1 heterocycles. The number of halogens is 1. The number of nitrogens with zero attached hydrogens (tertiary/aromatic N) is 2. The van der Waals surface area contributed by atoms with Crippen LogP contribution in [0.4, 0.5) is 5.69 Å². The first-order valence-electron chi connectivity index (χ1n) is 9.44. The molecular formula is C21H24ClN3O3. The van der Waals surface area contributed by atoms with Crippen LogP contribution in [0.25, 0.3) is 0 Å². The monoisotopic (exact) mass is 401 g/mol. The molecule has 1 N–H and O–H groups in total. The minimum absolute atomic E-state index is 0.00485. The number of nitro benzene ring substituents is 1. The zero-order valence-corrected chi connectivity index (χ0v) is 16.6. The lowest BCUT2D eigenvalue weighted by molar-refractivity contribution is -0.385. The van der Waals surface area contributed by atoms with Crippen molar-refractivity contribution in [2.45, 2.75) is 32.9 Å². The number of hydrogen-bond acceptors (Lipinski definition) is 4. The van der Waals surface area contributed by atoms with Crippen molar-refractivity contribution in [1.82, 2.24) is 10.2 Å². The number of hydrogen-bond donors (Lipinski definition) is 1. The van der Waals surface area contributed by atoms with Crippen LogP contribution in [0.3, 0.4) is 0 Å². The number of nitro groups is 1. The van der Waals surface area contributed by atoms with Gasteiger partial charge in [0.15, 0.2) is 0 Å². The van der Waals surface area contributed by atoms with Gasteiger partial charge in [-0.1, -0.05) is 42.8 Å². The zero-order chi connectivity index (χ0) is 20.1. The van der Waals surface area contributed by atoms with Crippen LogP contribution in [0, 0.1) is 16.0 Å². The second-order valence-corrected chi connectivity index (χ2v) is 7.84. The van der Waals surface area contributed by atoms with Crippen molar-refractivity contribution in [3.63, 3.8) is 0 Å². The molecule has 0 radical (unpaired) electrons. The van der Waals surface area contributed by atoms with E-state index in [2.05, 4.69) is 29.3 Å². The predicted octanol–water partition coefficient (Wildman–Crippen LogP) is 4.41. The maximum atomic E-state index is 12.3. The fourth-order valence-electron chi connectivity index (χ4n) is 3.58. The fourth-order valence-corrected chi connectivity index (χ4v) is 3.74. The highest BCUT2D eigenvalue weighted by Gasteiger charge is 2.20. The summed E-state index contributed by atoms with van der Waals surface area (Å²) < 4.78 is 0. The molecule has 1 saturated heterocycles. The van der Waals surface area contributed by atoms with Crippen molar-refractivity contribution in [2.75, 3.05) is 13.1 Å². The van der Waals surface area contributed by atoms with E-state index in [0.29, 0.717) is 6.54 Å². The first-order chi connectivity index (χ1) is 13.4. The van der Waals surface area contributed by atoms with Crippen LogP contribution in [0.15, 0.2) is 42.5 Å². The van der Waals surface area contributed by atoms with Crippen LogP contribution in [-0.2, 0) is 13.1 Å². The lowest BCUT2D eigenvalue weighted by Gasteiger charge is -2.30. The number of amides is 1. The van der Waals surface area contributed by atoms with E-state index in [9.17, 15) is 14.9 Å². The van der Waals surface area contributed by atoms with Gasteiger partial charge in [0.1, 0.15) is 5.56 Å². The van der Waals surface area contributed by atoms with Crippen molar-refractivity contribution in [3.05, 3.63) is 74.3 Å². The third kappa shape index (κ3) is 5.30. The van der Waals surface area contributed by atoms with Crippen LogP contribution in [-0.4, -0.2) is 28.8 Å². The molecule has 0 saturated carbocycles. The summed E-state index contributed by atoms with van der Waals surface area (Å²) in [5, 5.41) is 14.1. The molecule has 1 aliphatic heterocycles. The Balaban J connectivity index is 1.58. The van der Waals surface area contributed by atoms with Gasteiger partial charge in [0.05, 0.1) is 4.92 Å². The molecule has 7 heteroatoms. The minimum Gasteiger partial charge on any atom is -0.348 e. The molecule has 0 aliphatic carbocycles. The van der Waals surface area contributed by atoms with Crippen molar-refractivity contribution in [3.8, 4) is 0 Å². The average Bonchev–Trinajstić information content (AvgIpc) is 2.67. The summed E-state index contributed by atoms with van der Waals surface area (Å²) in [6.45, 7) is 5.82. The summed E-state index contributed by atoms with van der Waals surface area (Å²) in [5.74, 6) is 0.259. The molecule has 1 amide bonds. The van der Waals surface area contributed by atoms with Crippen LogP contribution < -0.4 is 5.32 Å². The van der Waals surface area contributed by atoms with E-state index in [-0.39, 0.29) is 16.3 Å². The van der Waals surface area contributed by atoms with E-state index in [1.165, 1.54) is 36.6 Å². The summed E-state index contributed by atoms with van der Waals surface area (Å²) in [7, 11) is 0. The van der Waals surface area contributed by atoms with Crippen molar-refractivity contribution in [1.29, 1.82) is 0 Å². The molecule has 1 fully saturated rings. The van der Waals surface area contributed by atoms with E-state index >= 15 is 0 Å². The molecule has 1 unspecified atom stereocenters. The first-order valence-corrected chi connectivity index (χ1v) is 9.82. The summed E-state index contributed by atoms with van der Waals surface area (Å²) in [6.07, 6.45) is 2.56. The van der Waals surface area contributed by atoms with E-state index in [4.69, 9.17) is 11.6 Å². The molecule has 2 aromatic rings. The Morgan fingerprint density at radius 1 is 1.25 bits per heavy atom. The number of likely N-dealkylation sites (tertiary alicyclic amines) is 1. The predicted molar refractivity (Wildman–Crippen MR) is 109 cm³/mol. The van der Waals surface area contributed by atoms with Crippen LogP contribution in [0.2, 0.25) is 5.02 Å². The molecule has 0 aromatic heterocycles. The SMILES string of the molecule is CC1CCCN(Cc2ccc(CNC(=O)c3ccc(Cl)cc3[N+](=O)[O-])cc2)C1. The van der Waals surface area contributed by atoms with Gasteiger partial charge >= 0.3 is 0 Å². The van der Waals surface area contributed by atoms with Crippen LogP contribution in [0.5, 0.6) is 0 Å². The van der Waals surface area contributed by atoms with Gasteiger partial charge in [0.2, 0.25) is 0 Å². The van der Waals surface area contributed by atoms with Gasteiger partial charge in [-0.25, -0.2) is 0 Å². The molecule has 1 atom stereocenters. The lowest BCUT2D eigenvalue weighted by atomic mass is 9.99. The molecular weight excluding hydrogens is 378 g/mol. The average molecular weight is 402 g/mol. The Hall–Kier alpha value is -2.44. The molecule has 28 heavy (non-hydrogen) atoms. The maximum absolute atomic E-state index is 12.3. The molecule has 6 nitrogen and oxygen atoms in total. The molecule has 148 valence electrons. The van der Waals surface area contributed by atoms with Gasteiger partial charge in [-0.15, -0.1) is 0 Å². The fraction of sp³-hybridized carbons (Fsp3) is 0.381. The second kappa shape index (κ2) is 9.17. The summed E-state index contributed by atoms with van der Waals surface area (Å²) in [4.78, 5) is 25.4. The smallest absolute Gasteiger partial charge is 0.283 e. The Labute approximate surface area is 169 Å². The van der Waals surface area contributed by atoms with Gasteiger partial charge in [-0.3, -0.25) is 19.8 Å². The van der Waals surface area contributed by atoms with Gasteiger partial charge in [-0.2, -0.15) is 0 Å². The highest BCUT2D eigenvalue weighted by Crippen LogP contribution is 2.23. The van der Waals surface area contributed by atoms with E-state index in [1.54, 1.807) is 0 Å². The van der Waals surface area contributed by atoms with Crippen molar-refractivity contribution in [2.24, 2.45) is 5.92 Å². The Morgan fingerprint density at radius 2 is 1.96 bits per heavy atom. The number of rotatable bonds is 6. The third-order valence-electron chi connectivity index (χ3n) is 5.02. The Morgan fingerprint density at radius 3 is 2.64 bits per heavy atom. The minimum atomic E-state index is -0.600.